The second-order valence-electron chi connectivity index (χ2n) is 5.56. The molecule has 0 atom stereocenters. The first-order valence-corrected chi connectivity index (χ1v) is 8.25. The van der Waals surface area contributed by atoms with E-state index in [0.29, 0.717) is 5.96 Å². The molecule has 0 unspecified atom stereocenters. The summed E-state index contributed by atoms with van der Waals surface area (Å²) < 4.78 is 10.7. The van der Waals surface area contributed by atoms with E-state index in [2.05, 4.69) is 21.3 Å². The molecule has 1 aromatic carbocycles. The lowest BCUT2D eigenvalue weighted by Gasteiger charge is -2.26. The van der Waals surface area contributed by atoms with E-state index < -0.39 is 0 Å². The molecular formula is C17H28N4O2. The maximum atomic E-state index is 5.90. The van der Waals surface area contributed by atoms with Gasteiger partial charge in [0.05, 0.1) is 20.3 Å². The molecule has 0 aliphatic carbocycles. The van der Waals surface area contributed by atoms with Crippen LogP contribution in [0.3, 0.4) is 0 Å². The summed E-state index contributed by atoms with van der Waals surface area (Å²) in [6.07, 6.45) is 1.88. The second kappa shape index (κ2) is 10.1. The van der Waals surface area contributed by atoms with Crippen LogP contribution in [0, 0.1) is 0 Å². The maximum absolute atomic E-state index is 5.90. The van der Waals surface area contributed by atoms with Crippen molar-refractivity contribution in [3.63, 3.8) is 0 Å². The fourth-order valence-corrected chi connectivity index (χ4v) is 2.61. The topological polar surface area (TPSA) is 72.1 Å². The molecule has 1 fully saturated rings. The van der Waals surface area contributed by atoms with Crippen LogP contribution in [0.5, 0.6) is 5.75 Å². The first-order chi connectivity index (χ1) is 11.3. The Hall–Kier alpha value is -1.79. The number of nitrogens with one attached hydrogen (secondary N) is 1. The van der Waals surface area contributed by atoms with Gasteiger partial charge in [0.1, 0.15) is 5.75 Å². The Labute approximate surface area is 138 Å². The number of hydrogen-bond donors (Lipinski definition) is 2. The second-order valence-corrected chi connectivity index (χ2v) is 5.56. The molecule has 1 aliphatic heterocycles. The van der Waals surface area contributed by atoms with Crippen molar-refractivity contribution < 1.29 is 9.47 Å². The van der Waals surface area contributed by atoms with Gasteiger partial charge in [-0.2, -0.15) is 0 Å². The Morgan fingerprint density at radius 2 is 2.13 bits per heavy atom. The fourth-order valence-electron chi connectivity index (χ4n) is 2.61. The summed E-state index contributed by atoms with van der Waals surface area (Å²) in [6.45, 7) is 6.30. The van der Waals surface area contributed by atoms with Crippen LogP contribution in [0.4, 0.5) is 0 Å². The fraction of sp³-hybridized carbons (Fsp3) is 0.588. The molecule has 3 N–H and O–H groups in total. The largest absolute Gasteiger partial charge is 0.496 e. The van der Waals surface area contributed by atoms with Crippen LogP contribution < -0.4 is 15.8 Å². The number of aliphatic imine (C=N–C) groups is 1. The van der Waals surface area contributed by atoms with Gasteiger partial charge in [0.2, 0.25) is 0 Å². The van der Waals surface area contributed by atoms with Crippen LogP contribution in [-0.4, -0.2) is 63.9 Å². The summed E-state index contributed by atoms with van der Waals surface area (Å²) in [4.78, 5) is 6.78. The van der Waals surface area contributed by atoms with Crippen LogP contribution in [-0.2, 0) is 11.2 Å². The molecule has 0 amide bonds. The molecule has 2 rings (SSSR count). The Morgan fingerprint density at radius 3 is 2.91 bits per heavy atom. The molecule has 0 saturated carbocycles. The van der Waals surface area contributed by atoms with Crippen molar-refractivity contribution in [2.24, 2.45) is 10.7 Å². The molecular weight excluding hydrogens is 292 g/mol. The molecule has 1 aliphatic rings. The standard InChI is InChI=1S/C17H28N4O2/c1-22-16-6-3-2-5-15(16)7-9-20-17(18)19-8-4-10-21-11-13-23-14-12-21/h2-3,5-6H,4,7-14H2,1H3,(H3,18,19,20). The van der Waals surface area contributed by atoms with Crippen molar-refractivity contribution in [1.29, 1.82) is 0 Å². The zero-order chi connectivity index (χ0) is 16.3. The molecule has 0 bridgehead atoms. The number of benzene rings is 1. The maximum Gasteiger partial charge on any atom is 0.188 e. The molecule has 128 valence electrons. The molecule has 6 heteroatoms. The highest BCUT2D eigenvalue weighted by molar-refractivity contribution is 5.77. The van der Waals surface area contributed by atoms with Crippen LogP contribution in [0.15, 0.2) is 29.3 Å². The molecule has 1 saturated heterocycles. The van der Waals surface area contributed by atoms with Crippen LogP contribution in [0.2, 0.25) is 0 Å². The van der Waals surface area contributed by atoms with E-state index in [9.17, 15) is 0 Å². The van der Waals surface area contributed by atoms with Gasteiger partial charge in [-0.1, -0.05) is 18.2 Å². The predicted octanol–water partition coefficient (Wildman–Crippen LogP) is 0.864. The minimum absolute atomic E-state index is 0.516. The zero-order valence-corrected chi connectivity index (χ0v) is 14.0. The van der Waals surface area contributed by atoms with Gasteiger partial charge >= 0.3 is 0 Å². The summed E-state index contributed by atoms with van der Waals surface area (Å²) in [5, 5.41) is 3.16. The van der Waals surface area contributed by atoms with E-state index in [1.807, 2.05) is 18.2 Å². The number of rotatable bonds is 8. The van der Waals surface area contributed by atoms with E-state index in [0.717, 1.165) is 64.5 Å². The lowest BCUT2D eigenvalue weighted by atomic mass is 10.1. The first-order valence-electron chi connectivity index (χ1n) is 8.25. The molecule has 0 aromatic heterocycles. The normalized spacial score (nSPS) is 16.3. The summed E-state index contributed by atoms with van der Waals surface area (Å²) in [6, 6.07) is 8.02. The molecule has 1 heterocycles. The first kappa shape index (κ1) is 17.6. The van der Waals surface area contributed by atoms with Gasteiger partial charge < -0.3 is 20.5 Å². The molecule has 23 heavy (non-hydrogen) atoms. The highest BCUT2D eigenvalue weighted by atomic mass is 16.5. The van der Waals surface area contributed by atoms with E-state index in [1.165, 1.54) is 5.56 Å². The Bertz CT molecular complexity index is 487. The van der Waals surface area contributed by atoms with Crippen molar-refractivity contribution in [1.82, 2.24) is 10.2 Å². The average molecular weight is 320 g/mol. The highest BCUT2D eigenvalue weighted by Crippen LogP contribution is 2.17. The van der Waals surface area contributed by atoms with Crippen molar-refractivity contribution >= 4 is 5.96 Å². The number of hydrogen-bond acceptors (Lipinski definition) is 4. The lowest BCUT2D eigenvalue weighted by molar-refractivity contribution is 0.0377. The third kappa shape index (κ3) is 6.46. The smallest absolute Gasteiger partial charge is 0.188 e. The monoisotopic (exact) mass is 320 g/mol. The highest BCUT2D eigenvalue weighted by Gasteiger charge is 2.08. The molecule has 0 spiro atoms. The zero-order valence-electron chi connectivity index (χ0n) is 14.0. The quantitative estimate of drug-likeness (QED) is 0.422. The van der Waals surface area contributed by atoms with Crippen LogP contribution >= 0.6 is 0 Å². The number of morpholine rings is 1. The van der Waals surface area contributed by atoms with Gasteiger partial charge in [-0.15, -0.1) is 0 Å². The van der Waals surface area contributed by atoms with Gasteiger partial charge in [0, 0.05) is 32.7 Å². The van der Waals surface area contributed by atoms with Gasteiger partial charge in [0.25, 0.3) is 0 Å². The van der Waals surface area contributed by atoms with Gasteiger partial charge in [0.15, 0.2) is 5.96 Å². The lowest BCUT2D eigenvalue weighted by Crippen LogP contribution is -2.37. The summed E-state index contributed by atoms with van der Waals surface area (Å²) in [5.74, 6) is 1.43. The number of nitrogens with zero attached hydrogens (tertiary/aromatic N) is 2. The van der Waals surface area contributed by atoms with E-state index >= 15 is 0 Å². The molecule has 0 radical (unpaired) electrons. The van der Waals surface area contributed by atoms with Crippen LogP contribution in [0.25, 0.3) is 0 Å². The van der Waals surface area contributed by atoms with E-state index in [4.69, 9.17) is 15.2 Å². The number of guanidine groups is 1. The van der Waals surface area contributed by atoms with Gasteiger partial charge in [-0.25, -0.2) is 0 Å². The number of methoxy groups -OCH3 is 1. The van der Waals surface area contributed by atoms with Crippen molar-refractivity contribution in [2.75, 3.05) is 53.0 Å². The third-order valence-electron chi connectivity index (χ3n) is 3.91. The Kier molecular flexibility index (Phi) is 7.69. The number of nitrogens with two attached hydrogens (primary N) is 1. The number of ether oxygens (including phenoxy) is 2. The van der Waals surface area contributed by atoms with Crippen molar-refractivity contribution in [3.8, 4) is 5.75 Å². The molecule has 1 aromatic rings. The third-order valence-corrected chi connectivity index (χ3v) is 3.91. The van der Waals surface area contributed by atoms with Gasteiger partial charge in [-0.3, -0.25) is 9.89 Å². The minimum atomic E-state index is 0.516. The number of para-hydroxylation sites is 1. The van der Waals surface area contributed by atoms with E-state index in [1.54, 1.807) is 7.11 Å². The average Bonchev–Trinajstić information content (AvgIpc) is 2.60. The Balaban J connectivity index is 1.61. The summed E-state index contributed by atoms with van der Waals surface area (Å²) in [5.41, 5.74) is 7.07. The minimum Gasteiger partial charge on any atom is -0.496 e. The van der Waals surface area contributed by atoms with Crippen molar-refractivity contribution in [3.05, 3.63) is 29.8 Å². The summed E-state index contributed by atoms with van der Waals surface area (Å²) in [7, 11) is 1.69. The van der Waals surface area contributed by atoms with E-state index in [-0.39, 0.29) is 0 Å². The SMILES string of the molecule is COc1ccccc1CCNC(N)=NCCCN1CCOCC1. The van der Waals surface area contributed by atoms with Crippen LogP contribution in [0.1, 0.15) is 12.0 Å². The van der Waals surface area contributed by atoms with Crippen molar-refractivity contribution in [2.45, 2.75) is 12.8 Å². The Morgan fingerprint density at radius 1 is 1.35 bits per heavy atom. The molecule has 6 nitrogen and oxygen atoms in total. The predicted molar refractivity (Wildman–Crippen MR) is 93.1 cm³/mol. The van der Waals surface area contributed by atoms with Gasteiger partial charge in [-0.05, 0) is 24.5 Å². The summed E-state index contributed by atoms with van der Waals surface area (Å²) >= 11 is 0.